The molecular weight excluding hydrogens is 397 g/mol. The van der Waals surface area contributed by atoms with Crippen molar-refractivity contribution in [2.75, 3.05) is 18.9 Å². The van der Waals surface area contributed by atoms with E-state index in [0.29, 0.717) is 16.2 Å². The third-order valence-electron chi connectivity index (χ3n) is 2.94. The van der Waals surface area contributed by atoms with Crippen LogP contribution in [0.5, 0.6) is 0 Å². The standard InChI is InChI=1S/C17H15BrFNO3S/c18-13-7-5-12(6-8-13)17(22)20-11-16(21)23-9-10-24-15-4-2-1-3-14(15)19/h1-8H,9-11H2,(H,20,22). The zero-order valence-electron chi connectivity index (χ0n) is 12.6. The van der Waals surface area contributed by atoms with Crippen LogP contribution in [0.1, 0.15) is 10.4 Å². The van der Waals surface area contributed by atoms with Crippen molar-refractivity contribution in [3.05, 3.63) is 64.4 Å². The van der Waals surface area contributed by atoms with Gasteiger partial charge in [-0.15, -0.1) is 11.8 Å². The molecule has 1 amide bonds. The van der Waals surface area contributed by atoms with Crippen molar-refractivity contribution in [1.29, 1.82) is 0 Å². The molecule has 0 fully saturated rings. The summed E-state index contributed by atoms with van der Waals surface area (Å²) < 4.78 is 19.3. The molecule has 0 saturated heterocycles. The fourth-order valence-corrected chi connectivity index (χ4v) is 2.81. The molecular formula is C17H15BrFNO3S. The molecule has 0 aliphatic heterocycles. The molecule has 0 aliphatic carbocycles. The Hall–Kier alpha value is -1.86. The van der Waals surface area contributed by atoms with Gasteiger partial charge in [0.05, 0.1) is 0 Å². The monoisotopic (exact) mass is 411 g/mol. The van der Waals surface area contributed by atoms with Gasteiger partial charge in [0.25, 0.3) is 5.91 Å². The Kier molecular flexibility index (Phi) is 7.27. The number of thioether (sulfide) groups is 1. The van der Waals surface area contributed by atoms with E-state index in [1.54, 1.807) is 42.5 Å². The fourth-order valence-electron chi connectivity index (χ4n) is 1.78. The molecule has 2 rings (SSSR count). The van der Waals surface area contributed by atoms with E-state index in [1.165, 1.54) is 17.8 Å². The lowest BCUT2D eigenvalue weighted by molar-refractivity contribution is -0.141. The van der Waals surface area contributed by atoms with E-state index in [-0.39, 0.29) is 24.9 Å². The number of amides is 1. The van der Waals surface area contributed by atoms with E-state index < -0.39 is 5.97 Å². The van der Waals surface area contributed by atoms with E-state index in [4.69, 9.17) is 4.74 Å². The molecule has 0 aliphatic rings. The van der Waals surface area contributed by atoms with Crippen LogP contribution in [0.15, 0.2) is 57.9 Å². The number of rotatable bonds is 7. The Morgan fingerprint density at radius 2 is 1.83 bits per heavy atom. The molecule has 7 heteroatoms. The highest BCUT2D eigenvalue weighted by atomic mass is 79.9. The smallest absolute Gasteiger partial charge is 0.325 e. The number of hydrogen-bond acceptors (Lipinski definition) is 4. The molecule has 0 spiro atoms. The minimum absolute atomic E-state index is 0.145. The highest BCUT2D eigenvalue weighted by Gasteiger charge is 2.09. The van der Waals surface area contributed by atoms with Gasteiger partial charge in [0, 0.05) is 20.7 Å². The Morgan fingerprint density at radius 3 is 2.54 bits per heavy atom. The van der Waals surface area contributed by atoms with Crippen LogP contribution in [0.25, 0.3) is 0 Å². The molecule has 0 heterocycles. The lowest BCUT2D eigenvalue weighted by Crippen LogP contribution is -2.30. The number of benzene rings is 2. The van der Waals surface area contributed by atoms with Crippen molar-refractivity contribution in [1.82, 2.24) is 5.32 Å². The van der Waals surface area contributed by atoms with Gasteiger partial charge >= 0.3 is 5.97 Å². The van der Waals surface area contributed by atoms with Crippen LogP contribution < -0.4 is 5.32 Å². The second kappa shape index (κ2) is 9.44. The Morgan fingerprint density at radius 1 is 1.12 bits per heavy atom. The van der Waals surface area contributed by atoms with Crippen LogP contribution >= 0.6 is 27.7 Å². The summed E-state index contributed by atoms with van der Waals surface area (Å²) in [5.41, 5.74) is 0.459. The third kappa shape index (κ3) is 5.98. The molecule has 4 nitrogen and oxygen atoms in total. The first-order valence-electron chi connectivity index (χ1n) is 7.13. The van der Waals surface area contributed by atoms with Gasteiger partial charge in [-0.2, -0.15) is 0 Å². The van der Waals surface area contributed by atoms with Crippen LogP contribution in [0.2, 0.25) is 0 Å². The van der Waals surface area contributed by atoms with E-state index in [9.17, 15) is 14.0 Å². The van der Waals surface area contributed by atoms with Gasteiger partial charge in [-0.1, -0.05) is 28.1 Å². The van der Waals surface area contributed by atoms with E-state index in [0.717, 1.165) is 4.47 Å². The summed E-state index contributed by atoms with van der Waals surface area (Å²) in [4.78, 5) is 23.9. The second-order valence-corrected chi connectivity index (χ2v) is 6.74. The maximum atomic E-state index is 13.4. The topological polar surface area (TPSA) is 55.4 Å². The lowest BCUT2D eigenvalue weighted by Gasteiger charge is -2.07. The summed E-state index contributed by atoms with van der Waals surface area (Å²) in [6, 6.07) is 13.2. The summed E-state index contributed by atoms with van der Waals surface area (Å²) in [6.45, 7) is -0.0642. The molecule has 0 aromatic heterocycles. The average Bonchev–Trinajstić information content (AvgIpc) is 2.58. The van der Waals surface area contributed by atoms with Crippen molar-refractivity contribution in [3.63, 3.8) is 0 Å². The lowest BCUT2D eigenvalue weighted by atomic mass is 10.2. The summed E-state index contributed by atoms with van der Waals surface area (Å²) in [5.74, 6) is -0.738. The highest BCUT2D eigenvalue weighted by molar-refractivity contribution is 9.10. The maximum Gasteiger partial charge on any atom is 0.325 e. The number of ether oxygens (including phenoxy) is 1. The number of carbonyl (C=O) groups is 2. The number of esters is 1. The average molecular weight is 412 g/mol. The second-order valence-electron chi connectivity index (χ2n) is 4.69. The van der Waals surface area contributed by atoms with Gasteiger partial charge < -0.3 is 10.1 Å². The van der Waals surface area contributed by atoms with E-state index in [2.05, 4.69) is 21.2 Å². The molecule has 1 N–H and O–H groups in total. The molecule has 0 radical (unpaired) electrons. The normalized spacial score (nSPS) is 10.2. The van der Waals surface area contributed by atoms with Gasteiger partial charge in [0.2, 0.25) is 0 Å². The fraction of sp³-hybridized carbons (Fsp3) is 0.176. The zero-order chi connectivity index (χ0) is 17.4. The first-order chi connectivity index (χ1) is 11.6. The summed E-state index contributed by atoms with van der Waals surface area (Å²) in [6.07, 6.45) is 0. The van der Waals surface area contributed by atoms with Crippen molar-refractivity contribution >= 4 is 39.6 Å². The quantitative estimate of drug-likeness (QED) is 0.429. The van der Waals surface area contributed by atoms with Crippen molar-refractivity contribution in [2.24, 2.45) is 0 Å². The van der Waals surface area contributed by atoms with Gasteiger partial charge in [0.1, 0.15) is 19.0 Å². The minimum Gasteiger partial charge on any atom is -0.463 e. The number of nitrogens with one attached hydrogen (secondary N) is 1. The number of carbonyl (C=O) groups excluding carboxylic acids is 2. The Balaban J connectivity index is 1.65. The summed E-state index contributed by atoms with van der Waals surface area (Å²) >= 11 is 4.55. The molecule has 0 bridgehead atoms. The third-order valence-corrected chi connectivity index (χ3v) is 4.48. The van der Waals surface area contributed by atoms with Crippen LogP contribution in [0.3, 0.4) is 0 Å². The largest absolute Gasteiger partial charge is 0.463 e. The number of hydrogen-bond donors (Lipinski definition) is 1. The highest BCUT2D eigenvalue weighted by Crippen LogP contribution is 2.20. The molecule has 0 unspecified atom stereocenters. The molecule has 2 aromatic carbocycles. The van der Waals surface area contributed by atoms with Crippen LogP contribution in [0, 0.1) is 5.82 Å². The predicted molar refractivity (Wildman–Crippen MR) is 94.6 cm³/mol. The van der Waals surface area contributed by atoms with Crippen LogP contribution in [-0.2, 0) is 9.53 Å². The Bertz CT molecular complexity index is 709. The SMILES string of the molecule is O=C(CNC(=O)c1ccc(Br)cc1)OCCSc1ccccc1F. The van der Waals surface area contributed by atoms with Crippen LogP contribution in [0.4, 0.5) is 4.39 Å². The van der Waals surface area contributed by atoms with Gasteiger partial charge in [-0.25, -0.2) is 4.39 Å². The van der Waals surface area contributed by atoms with Gasteiger partial charge in [-0.05, 0) is 36.4 Å². The molecule has 0 atom stereocenters. The van der Waals surface area contributed by atoms with Crippen LogP contribution in [-0.4, -0.2) is 30.8 Å². The molecule has 24 heavy (non-hydrogen) atoms. The predicted octanol–water partition coefficient (Wildman–Crippen LogP) is 3.65. The summed E-state index contributed by atoms with van der Waals surface area (Å²) in [7, 11) is 0. The number of halogens is 2. The van der Waals surface area contributed by atoms with E-state index in [1.807, 2.05) is 0 Å². The molecule has 126 valence electrons. The van der Waals surface area contributed by atoms with Crippen molar-refractivity contribution in [2.45, 2.75) is 4.90 Å². The first-order valence-corrected chi connectivity index (χ1v) is 8.91. The molecule has 2 aromatic rings. The molecule has 0 saturated carbocycles. The van der Waals surface area contributed by atoms with Crippen molar-refractivity contribution < 1.29 is 18.7 Å². The van der Waals surface area contributed by atoms with Gasteiger partial charge in [0.15, 0.2) is 0 Å². The minimum atomic E-state index is -0.533. The maximum absolute atomic E-state index is 13.4. The summed E-state index contributed by atoms with van der Waals surface area (Å²) in [5, 5.41) is 2.49. The zero-order valence-corrected chi connectivity index (χ0v) is 15.0. The van der Waals surface area contributed by atoms with Crippen molar-refractivity contribution in [3.8, 4) is 0 Å². The van der Waals surface area contributed by atoms with Gasteiger partial charge in [-0.3, -0.25) is 9.59 Å². The first kappa shape index (κ1) is 18.5. The Labute approximate surface area is 151 Å². The van der Waals surface area contributed by atoms with E-state index >= 15 is 0 Å².